The molecule has 0 aliphatic carbocycles. The van der Waals surface area contributed by atoms with Gasteiger partial charge in [-0.1, -0.05) is 24.6 Å². The van der Waals surface area contributed by atoms with Crippen LogP contribution in [0, 0.1) is 13.8 Å². The van der Waals surface area contributed by atoms with Gasteiger partial charge in [0.2, 0.25) is 0 Å². The molecule has 0 aliphatic rings. The molecule has 0 amide bonds. The zero-order chi connectivity index (χ0) is 14.5. The number of quaternary nitrogens is 1. The van der Waals surface area contributed by atoms with E-state index in [1.54, 1.807) is 7.11 Å². The molecule has 0 N–H and O–H groups in total. The van der Waals surface area contributed by atoms with E-state index in [9.17, 15) is 0 Å². The smallest absolute Gasteiger partial charge is 0.124 e. The Morgan fingerprint density at radius 1 is 1.11 bits per heavy atom. The molecule has 1 aromatic rings. The first-order valence-electron chi connectivity index (χ1n) is 7.35. The van der Waals surface area contributed by atoms with Crippen molar-refractivity contribution in [2.75, 3.05) is 34.3 Å². The second kappa shape index (κ2) is 6.95. The van der Waals surface area contributed by atoms with Gasteiger partial charge >= 0.3 is 0 Å². The molecule has 0 bridgehead atoms. The fraction of sp³-hybridized carbons (Fsp3) is 0.647. The Morgan fingerprint density at radius 3 is 2.37 bits per heavy atom. The van der Waals surface area contributed by atoms with Crippen LogP contribution in [-0.2, 0) is 6.42 Å². The maximum Gasteiger partial charge on any atom is 0.124 e. The van der Waals surface area contributed by atoms with Crippen molar-refractivity contribution in [3.63, 3.8) is 0 Å². The first-order valence-corrected chi connectivity index (χ1v) is 7.35. The Kier molecular flexibility index (Phi) is 5.86. The number of rotatable bonds is 7. The van der Waals surface area contributed by atoms with Crippen LogP contribution < -0.4 is 4.74 Å². The molecule has 2 nitrogen and oxygen atoms in total. The molecule has 2 heteroatoms. The van der Waals surface area contributed by atoms with Gasteiger partial charge in [-0.2, -0.15) is 0 Å². The van der Waals surface area contributed by atoms with Crippen LogP contribution >= 0.6 is 0 Å². The molecule has 0 aromatic heterocycles. The van der Waals surface area contributed by atoms with Gasteiger partial charge in [-0.15, -0.1) is 0 Å². The number of aryl methyl sites for hydroxylation is 3. The van der Waals surface area contributed by atoms with E-state index in [1.807, 2.05) is 0 Å². The standard InChI is InChI=1S/C17H30NO/c1-7-10-18(4,5)11-8-9-16-13-14(2)12-15(3)17(16)19-6/h12-13H,7-11H2,1-6H3/q+1. The van der Waals surface area contributed by atoms with Gasteiger partial charge < -0.3 is 9.22 Å². The summed E-state index contributed by atoms with van der Waals surface area (Å²) in [4.78, 5) is 0. The number of methoxy groups -OCH3 is 1. The highest BCUT2D eigenvalue weighted by molar-refractivity contribution is 5.43. The maximum atomic E-state index is 5.56. The van der Waals surface area contributed by atoms with Crippen LogP contribution in [0.4, 0.5) is 0 Å². The van der Waals surface area contributed by atoms with E-state index in [0.717, 1.165) is 16.7 Å². The molecule has 0 radical (unpaired) electrons. The van der Waals surface area contributed by atoms with Crippen LogP contribution in [0.1, 0.15) is 36.5 Å². The Hall–Kier alpha value is -1.02. The third kappa shape index (κ3) is 4.87. The topological polar surface area (TPSA) is 9.23 Å². The molecular formula is C17H30NO+. The summed E-state index contributed by atoms with van der Waals surface area (Å²) in [6, 6.07) is 4.46. The maximum absolute atomic E-state index is 5.56. The van der Waals surface area contributed by atoms with Crippen LogP contribution in [-0.4, -0.2) is 38.8 Å². The molecule has 0 heterocycles. The van der Waals surface area contributed by atoms with Gasteiger partial charge in [0.05, 0.1) is 34.3 Å². The molecule has 108 valence electrons. The number of hydrogen-bond acceptors (Lipinski definition) is 1. The van der Waals surface area contributed by atoms with Gasteiger partial charge in [-0.05, 0) is 37.8 Å². The number of nitrogens with zero attached hydrogens (tertiary/aromatic N) is 1. The molecule has 0 aliphatic heterocycles. The van der Waals surface area contributed by atoms with Crippen LogP contribution in [0.3, 0.4) is 0 Å². The quantitative estimate of drug-likeness (QED) is 0.682. The predicted molar refractivity (Wildman–Crippen MR) is 82.9 cm³/mol. The minimum atomic E-state index is 1.08. The van der Waals surface area contributed by atoms with Crippen molar-refractivity contribution in [1.29, 1.82) is 0 Å². The minimum absolute atomic E-state index is 1.08. The Morgan fingerprint density at radius 2 is 1.79 bits per heavy atom. The molecular weight excluding hydrogens is 234 g/mol. The van der Waals surface area contributed by atoms with Gasteiger partial charge in [0, 0.05) is 6.42 Å². The van der Waals surface area contributed by atoms with Crippen LogP contribution in [0.15, 0.2) is 12.1 Å². The van der Waals surface area contributed by atoms with Gasteiger partial charge in [0.15, 0.2) is 0 Å². The molecule has 1 aromatic carbocycles. The lowest BCUT2D eigenvalue weighted by Crippen LogP contribution is -2.41. The van der Waals surface area contributed by atoms with Crippen molar-refractivity contribution < 1.29 is 9.22 Å². The second-order valence-corrected chi connectivity index (χ2v) is 6.26. The lowest BCUT2D eigenvalue weighted by Gasteiger charge is -2.29. The first-order chi connectivity index (χ1) is 8.89. The summed E-state index contributed by atoms with van der Waals surface area (Å²) in [5.41, 5.74) is 3.94. The fourth-order valence-electron chi connectivity index (χ4n) is 2.93. The third-order valence-electron chi connectivity index (χ3n) is 3.74. The molecule has 0 spiro atoms. The highest BCUT2D eigenvalue weighted by Crippen LogP contribution is 2.26. The average molecular weight is 264 g/mol. The number of benzene rings is 1. The molecule has 0 unspecified atom stereocenters. The van der Waals surface area contributed by atoms with Crippen molar-refractivity contribution in [1.82, 2.24) is 0 Å². The summed E-state index contributed by atoms with van der Waals surface area (Å²) in [7, 11) is 6.42. The summed E-state index contributed by atoms with van der Waals surface area (Å²) in [5.74, 6) is 1.08. The van der Waals surface area contributed by atoms with Crippen molar-refractivity contribution in [2.45, 2.75) is 40.0 Å². The second-order valence-electron chi connectivity index (χ2n) is 6.26. The Balaban J connectivity index is 2.67. The van der Waals surface area contributed by atoms with E-state index in [0.29, 0.717) is 0 Å². The SMILES string of the molecule is CCC[N+](C)(C)CCCc1cc(C)cc(C)c1OC. The number of hydrogen-bond donors (Lipinski definition) is 0. The van der Waals surface area contributed by atoms with Gasteiger partial charge in [0.1, 0.15) is 5.75 Å². The van der Waals surface area contributed by atoms with Gasteiger partial charge in [-0.3, -0.25) is 0 Å². The van der Waals surface area contributed by atoms with Crippen molar-refractivity contribution in [2.24, 2.45) is 0 Å². The Labute approximate surface area is 119 Å². The first kappa shape index (κ1) is 16.0. The monoisotopic (exact) mass is 264 g/mol. The highest BCUT2D eigenvalue weighted by Gasteiger charge is 2.14. The van der Waals surface area contributed by atoms with Crippen molar-refractivity contribution in [3.05, 3.63) is 28.8 Å². The zero-order valence-corrected chi connectivity index (χ0v) is 13.5. The molecule has 0 saturated carbocycles. The Bertz CT molecular complexity index is 410. The normalized spacial score (nSPS) is 11.7. The summed E-state index contributed by atoms with van der Waals surface area (Å²) in [5, 5.41) is 0. The van der Waals surface area contributed by atoms with Gasteiger partial charge in [-0.25, -0.2) is 0 Å². The van der Waals surface area contributed by atoms with Gasteiger partial charge in [0.25, 0.3) is 0 Å². The summed E-state index contributed by atoms with van der Waals surface area (Å²) in [6.45, 7) is 9.03. The van der Waals surface area contributed by atoms with E-state index >= 15 is 0 Å². The highest BCUT2D eigenvalue weighted by atomic mass is 16.5. The predicted octanol–water partition coefficient (Wildman–Crippen LogP) is 3.73. The van der Waals surface area contributed by atoms with Crippen LogP contribution in [0.25, 0.3) is 0 Å². The van der Waals surface area contributed by atoms with Crippen molar-refractivity contribution >= 4 is 0 Å². The third-order valence-corrected chi connectivity index (χ3v) is 3.74. The van der Waals surface area contributed by atoms with E-state index in [2.05, 4.69) is 47.0 Å². The average Bonchev–Trinajstić information content (AvgIpc) is 2.28. The molecule has 0 saturated heterocycles. The van der Waals surface area contributed by atoms with E-state index in [-0.39, 0.29) is 0 Å². The fourth-order valence-corrected chi connectivity index (χ4v) is 2.93. The molecule has 0 atom stereocenters. The minimum Gasteiger partial charge on any atom is -0.496 e. The lowest BCUT2D eigenvalue weighted by molar-refractivity contribution is -0.890. The van der Waals surface area contributed by atoms with Crippen LogP contribution in [0.5, 0.6) is 5.75 Å². The van der Waals surface area contributed by atoms with Crippen molar-refractivity contribution in [3.8, 4) is 5.75 Å². The summed E-state index contributed by atoms with van der Waals surface area (Å²) in [6.07, 6.45) is 3.57. The molecule has 0 fully saturated rings. The zero-order valence-electron chi connectivity index (χ0n) is 13.5. The molecule has 1 rings (SSSR count). The number of ether oxygens (including phenoxy) is 1. The molecule has 19 heavy (non-hydrogen) atoms. The van der Waals surface area contributed by atoms with E-state index < -0.39 is 0 Å². The summed E-state index contributed by atoms with van der Waals surface area (Å²) >= 11 is 0. The lowest BCUT2D eigenvalue weighted by atomic mass is 10.0. The van der Waals surface area contributed by atoms with E-state index in [4.69, 9.17) is 4.74 Å². The summed E-state index contributed by atoms with van der Waals surface area (Å²) < 4.78 is 6.67. The van der Waals surface area contributed by atoms with Crippen LogP contribution in [0.2, 0.25) is 0 Å². The van der Waals surface area contributed by atoms with E-state index in [1.165, 1.54) is 42.6 Å². The largest absolute Gasteiger partial charge is 0.496 e.